The number of rotatable bonds is 6. The van der Waals surface area contributed by atoms with E-state index in [4.69, 9.17) is 11.6 Å². The second-order valence-corrected chi connectivity index (χ2v) is 7.03. The highest BCUT2D eigenvalue weighted by Gasteiger charge is 2.22. The zero-order valence-electron chi connectivity index (χ0n) is 15.0. The van der Waals surface area contributed by atoms with Crippen LogP contribution in [-0.4, -0.2) is 36.9 Å². The molecule has 7 heteroatoms. The Morgan fingerprint density at radius 1 is 1.30 bits per heavy atom. The summed E-state index contributed by atoms with van der Waals surface area (Å²) >= 11 is 6.03. The maximum Gasteiger partial charge on any atom is 0.238 e. The minimum Gasteiger partial charge on any atom is -0.325 e. The fourth-order valence-electron chi connectivity index (χ4n) is 3.13. The molecule has 0 aliphatic carbocycles. The molecule has 0 spiro atoms. The van der Waals surface area contributed by atoms with Crippen molar-refractivity contribution >= 4 is 34.8 Å². The van der Waals surface area contributed by atoms with Gasteiger partial charge in [0.05, 0.1) is 6.54 Å². The smallest absolute Gasteiger partial charge is 0.238 e. The Morgan fingerprint density at radius 2 is 2.07 bits per heavy atom. The van der Waals surface area contributed by atoms with Crippen molar-refractivity contribution in [2.24, 2.45) is 0 Å². The zero-order valence-corrected chi connectivity index (χ0v) is 15.8. The van der Waals surface area contributed by atoms with E-state index in [1.54, 1.807) is 47.2 Å². The van der Waals surface area contributed by atoms with Crippen molar-refractivity contribution in [3.8, 4) is 0 Å². The molecule has 0 aromatic heterocycles. The second-order valence-electron chi connectivity index (χ2n) is 6.62. The number of halogens is 2. The standard InChI is InChI=1S/C20H21ClFN3O2/c1-24(12-16-17(21)7-3-8-18(16)22)13-19(26)23-14-5-2-6-15(11-14)25-10-4-9-20(25)27/h2-3,5-8,11H,4,9-10,12-13H2,1H3,(H,23,26). The van der Waals surface area contributed by atoms with E-state index in [0.29, 0.717) is 29.2 Å². The van der Waals surface area contributed by atoms with Gasteiger partial charge in [0.2, 0.25) is 11.8 Å². The largest absolute Gasteiger partial charge is 0.325 e. The number of nitrogens with one attached hydrogen (secondary N) is 1. The van der Waals surface area contributed by atoms with Crippen LogP contribution in [0.15, 0.2) is 42.5 Å². The number of carbonyl (C=O) groups excluding carboxylic acids is 2. The van der Waals surface area contributed by atoms with Crippen LogP contribution in [0, 0.1) is 5.82 Å². The number of nitrogens with zero attached hydrogens (tertiary/aromatic N) is 2. The highest BCUT2D eigenvalue weighted by atomic mass is 35.5. The van der Waals surface area contributed by atoms with Crippen LogP contribution in [0.2, 0.25) is 5.02 Å². The summed E-state index contributed by atoms with van der Waals surface area (Å²) in [6, 6.07) is 11.7. The van der Waals surface area contributed by atoms with Crippen molar-refractivity contribution in [2.45, 2.75) is 19.4 Å². The molecule has 0 bridgehead atoms. The van der Waals surface area contributed by atoms with Crippen molar-refractivity contribution in [3.63, 3.8) is 0 Å². The van der Waals surface area contributed by atoms with Gasteiger partial charge in [-0.05, 0) is 43.8 Å². The van der Waals surface area contributed by atoms with E-state index in [0.717, 1.165) is 12.1 Å². The third-order valence-corrected chi connectivity index (χ3v) is 4.77. The molecule has 0 radical (unpaired) electrons. The average Bonchev–Trinajstić information content (AvgIpc) is 3.04. The third kappa shape index (κ3) is 4.84. The Hall–Kier alpha value is -2.44. The summed E-state index contributed by atoms with van der Waals surface area (Å²) in [4.78, 5) is 27.6. The Balaban J connectivity index is 1.60. The van der Waals surface area contributed by atoms with Gasteiger partial charge in [-0.1, -0.05) is 23.7 Å². The summed E-state index contributed by atoms with van der Waals surface area (Å²) in [7, 11) is 1.72. The van der Waals surface area contributed by atoms with E-state index in [1.807, 2.05) is 6.07 Å². The third-order valence-electron chi connectivity index (χ3n) is 4.42. The molecule has 1 heterocycles. The van der Waals surface area contributed by atoms with Crippen molar-refractivity contribution in [1.82, 2.24) is 4.90 Å². The van der Waals surface area contributed by atoms with E-state index >= 15 is 0 Å². The second kappa shape index (κ2) is 8.50. The molecule has 1 N–H and O–H groups in total. The lowest BCUT2D eigenvalue weighted by Gasteiger charge is -2.19. The molecular weight excluding hydrogens is 369 g/mol. The van der Waals surface area contributed by atoms with Crippen molar-refractivity contribution in [3.05, 3.63) is 58.9 Å². The SMILES string of the molecule is CN(CC(=O)Nc1cccc(N2CCCC2=O)c1)Cc1c(F)cccc1Cl. The first-order valence-electron chi connectivity index (χ1n) is 8.76. The van der Waals surface area contributed by atoms with Gasteiger partial charge in [0.15, 0.2) is 0 Å². The Labute approximate surface area is 162 Å². The molecule has 1 fully saturated rings. The van der Waals surface area contributed by atoms with Crippen molar-refractivity contribution in [1.29, 1.82) is 0 Å². The number of amides is 2. The Morgan fingerprint density at radius 3 is 2.78 bits per heavy atom. The van der Waals surface area contributed by atoms with Crippen LogP contribution in [0.25, 0.3) is 0 Å². The molecule has 0 unspecified atom stereocenters. The number of anilines is 2. The molecule has 0 saturated carbocycles. The Kier molecular flexibility index (Phi) is 6.08. The molecule has 27 heavy (non-hydrogen) atoms. The molecule has 5 nitrogen and oxygen atoms in total. The van der Waals surface area contributed by atoms with Crippen LogP contribution < -0.4 is 10.2 Å². The number of hydrogen-bond donors (Lipinski definition) is 1. The van der Waals surface area contributed by atoms with Crippen LogP contribution >= 0.6 is 11.6 Å². The van der Waals surface area contributed by atoms with Gasteiger partial charge in [0.1, 0.15) is 5.82 Å². The van der Waals surface area contributed by atoms with Crippen molar-refractivity contribution < 1.29 is 14.0 Å². The highest BCUT2D eigenvalue weighted by Crippen LogP contribution is 2.24. The minimum atomic E-state index is -0.391. The number of hydrogen-bond acceptors (Lipinski definition) is 3. The van der Waals surface area contributed by atoms with E-state index in [9.17, 15) is 14.0 Å². The average molecular weight is 390 g/mol. The van der Waals surface area contributed by atoms with Crippen LogP contribution in [0.4, 0.5) is 15.8 Å². The molecular formula is C20H21ClFN3O2. The normalized spacial score (nSPS) is 14.1. The lowest BCUT2D eigenvalue weighted by Crippen LogP contribution is -2.30. The summed E-state index contributed by atoms with van der Waals surface area (Å²) in [5.74, 6) is -0.521. The molecule has 2 aromatic carbocycles. The van der Waals surface area contributed by atoms with Crippen LogP contribution in [0.5, 0.6) is 0 Å². The molecule has 142 valence electrons. The summed E-state index contributed by atoms with van der Waals surface area (Å²) in [5, 5.41) is 3.16. The number of likely N-dealkylation sites (N-methyl/N-ethyl adjacent to an activating group) is 1. The molecule has 1 aliphatic heterocycles. The van der Waals surface area contributed by atoms with Crippen molar-refractivity contribution in [2.75, 3.05) is 30.4 Å². The van der Waals surface area contributed by atoms with E-state index < -0.39 is 5.82 Å². The van der Waals surface area contributed by atoms with Crippen LogP contribution in [0.3, 0.4) is 0 Å². The summed E-state index contributed by atoms with van der Waals surface area (Å²) in [6.07, 6.45) is 1.40. The van der Waals surface area contributed by atoms with E-state index in [1.165, 1.54) is 6.07 Å². The molecule has 3 rings (SSSR count). The molecule has 1 saturated heterocycles. The number of carbonyl (C=O) groups is 2. The fourth-order valence-corrected chi connectivity index (χ4v) is 3.35. The molecule has 0 atom stereocenters. The van der Waals surface area contributed by atoms with Gasteiger partial charge in [-0.25, -0.2) is 4.39 Å². The van der Waals surface area contributed by atoms with E-state index in [-0.39, 0.29) is 24.9 Å². The quantitative estimate of drug-likeness (QED) is 0.820. The van der Waals surface area contributed by atoms with Gasteiger partial charge in [-0.15, -0.1) is 0 Å². The van der Waals surface area contributed by atoms with Gasteiger partial charge >= 0.3 is 0 Å². The first-order valence-corrected chi connectivity index (χ1v) is 9.13. The predicted molar refractivity (Wildman–Crippen MR) is 104 cm³/mol. The topological polar surface area (TPSA) is 52.7 Å². The maximum atomic E-state index is 13.9. The first kappa shape index (κ1) is 19.3. The summed E-state index contributed by atoms with van der Waals surface area (Å²) in [5.41, 5.74) is 1.76. The fraction of sp³-hybridized carbons (Fsp3) is 0.300. The summed E-state index contributed by atoms with van der Waals surface area (Å²) < 4.78 is 13.9. The highest BCUT2D eigenvalue weighted by molar-refractivity contribution is 6.31. The minimum absolute atomic E-state index is 0.0809. The van der Waals surface area contributed by atoms with Gasteiger partial charge < -0.3 is 10.2 Å². The molecule has 2 amide bonds. The Bertz CT molecular complexity index is 839. The zero-order chi connectivity index (χ0) is 19.4. The monoisotopic (exact) mass is 389 g/mol. The lowest BCUT2D eigenvalue weighted by atomic mass is 10.2. The van der Waals surface area contributed by atoms with E-state index in [2.05, 4.69) is 5.32 Å². The van der Waals surface area contributed by atoms with Gasteiger partial charge in [-0.2, -0.15) is 0 Å². The first-order chi connectivity index (χ1) is 12.9. The van der Waals surface area contributed by atoms with Gasteiger partial charge in [0.25, 0.3) is 0 Å². The van der Waals surface area contributed by atoms with Crippen LogP contribution in [0.1, 0.15) is 18.4 Å². The molecule has 1 aliphatic rings. The number of benzene rings is 2. The van der Waals surface area contributed by atoms with Gasteiger partial charge in [0, 0.05) is 41.5 Å². The predicted octanol–water partition coefficient (Wildman–Crippen LogP) is 3.68. The maximum absolute atomic E-state index is 13.9. The molecule has 2 aromatic rings. The summed E-state index contributed by atoms with van der Waals surface area (Å²) in [6.45, 7) is 1.00. The lowest BCUT2D eigenvalue weighted by molar-refractivity contribution is -0.117. The van der Waals surface area contributed by atoms with Gasteiger partial charge in [-0.3, -0.25) is 14.5 Å². The van der Waals surface area contributed by atoms with Crippen LogP contribution in [-0.2, 0) is 16.1 Å².